The van der Waals surface area contributed by atoms with Crippen molar-refractivity contribution in [1.82, 2.24) is 9.97 Å². The summed E-state index contributed by atoms with van der Waals surface area (Å²) in [6, 6.07) is 8.18. The molecule has 0 fully saturated rings. The first kappa shape index (κ1) is 13.7. The lowest BCUT2D eigenvalue weighted by Gasteiger charge is -2.23. The first-order valence-electron chi connectivity index (χ1n) is 7.31. The number of para-hydroxylation sites is 1. The molecule has 0 spiro atoms. The minimum Gasteiger partial charge on any atom is -0.491 e. The van der Waals surface area contributed by atoms with E-state index in [4.69, 9.17) is 4.74 Å². The Hall–Kier alpha value is -2.30. The number of hydrogen-bond acceptors (Lipinski definition) is 5. The molecule has 0 radical (unpaired) electrons. The number of rotatable bonds is 3. The summed E-state index contributed by atoms with van der Waals surface area (Å²) >= 11 is 0. The first-order valence-corrected chi connectivity index (χ1v) is 7.31. The third-order valence-electron chi connectivity index (χ3n) is 3.53. The number of anilines is 2. The van der Waals surface area contributed by atoms with Gasteiger partial charge in [-0.3, -0.25) is 0 Å². The van der Waals surface area contributed by atoms with Crippen molar-refractivity contribution in [2.24, 2.45) is 0 Å². The van der Waals surface area contributed by atoms with E-state index in [2.05, 4.69) is 26.3 Å². The van der Waals surface area contributed by atoms with Gasteiger partial charge in [-0.25, -0.2) is 4.98 Å². The van der Waals surface area contributed by atoms with Crippen molar-refractivity contribution in [1.29, 1.82) is 0 Å². The van der Waals surface area contributed by atoms with Gasteiger partial charge in [0.15, 0.2) is 0 Å². The summed E-state index contributed by atoms with van der Waals surface area (Å²) in [7, 11) is 0. The molecule has 0 aliphatic carbocycles. The molecule has 0 amide bonds. The highest BCUT2D eigenvalue weighted by Crippen LogP contribution is 2.27. The summed E-state index contributed by atoms with van der Waals surface area (Å²) in [4.78, 5) is 11.2. The standard InChI is InChI=1S/C16H20N4O/c1-3-17-16-18-10-12(2)15(19-16)20-8-9-21-14-7-5-4-6-13(14)11-20/h4-7,10H,3,8-9,11H2,1-2H3,(H,17,18,19). The Labute approximate surface area is 125 Å². The Bertz CT molecular complexity index is 629. The topological polar surface area (TPSA) is 50.3 Å². The van der Waals surface area contributed by atoms with Gasteiger partial charge < -0.3 is 15.0 Å². The molecule has 0 atom stereocenters. The van der Waals surface area contributed by atoms with Crippen molar-refractivity contribution < 1.29 is 4.74 Å². The molecule has 1 N–H and O–H groups in total. The van der Waals surface area contributed by atoms with Crippen molar-refractivity contribution in [2.75, 3.05) is 29.9 Å². The Balaban J connectivity index is 1.91. The third-order valence-corrected chi connectivity index (χ3v) is 3.53. The molecule has 3 rings (SSSR count). The van der Waals surface area contributed by atoms with Crippen molar-refractivity contribution in [3.05, 3.63) is 41.6 Å². The minimum atomic E-state index is 0.664. The lowest BCUT2D eigenvalue weighted by Crippen LogP contribution is -2.27. The molecular weight excluding hydrogens is 264 g/mol. The van der Waals surface area contributed by atoms with Crippen molar-refractivity contribution in [3.63, 3.8) is 0 Å². The zero-order valence-corrected chi connectivity index (χ0v) is 12.5. The number of aryl methyl sites for hydroxylation is 1. The fourth-order valence-corrected chi connectivity index (χ4v) is 2.50. The normalized spacial score (nSPS) is 14.1. The van der Waals surface area contributed by atoms with Crippen LogP contribution in [0.5, 0.6) is 5.75 Å². The fraction of sp³-hybridized carbons (Fsp3) is 0.375. The number of nitrogens with zero attached hydrogens (tertiary/aromatic N) is 3. The highest BCUT2D eigenvalue weighted by atomic mass is 16.5. The van der Waals surface area contributed by atoms with Crippen LogP contribution < -0.4 is 15.0 Å². The Morgan fingerprint density at radius 2 is 2.19 bits per heavy atom. The maximum Gasteiger partial charge on any atom is 0.224 e. The van der Waals surface area contributed by atoms with Crippen LogP contribution in [0.4, 0.5) is 11.8 Å². The minimum absolute atomic E-state index is 0.664. The van der Waals surface area contributed by atoms with Gasteiger partial charge in [0.25, 0.3) is 0 Å². The molecule has 5 nitrogen and oxygen atoms in total. The van der Waals surface area contributed by atoms with Crippen LogP contribution in [-0.2, 0) is 6.54 Å². The van der Waals surface area contributed by atoms with E-state index < -0.39 is 0 Å². The van der Waals surface area contributed by atoms with Gasteiger partial charge in [-0.05, 0) is 19.9 Å². The molecule has 2 aromatic rings. The van der Waals surface area contributed by atoms with Crippen molar-refractivity contribution in [3.8, 4) is 5.75 Å². The van der Waals surface area contributed by atoms with Gasteiger partial charge in [0.1, 0.15) is 18.2 Å². The molecule has 1 aromatic carbocycles. The molecule has 1 aliphatic rings. The van der Waals surface area contributed by atoms with E-state index in [9.17, 15) is 0 Å². The van der Waals surface area contributed by atoms with E-state index in [1.807, 2.05) is 38.2 Å². The maximum atomic E-state index is 5.82. The lowest BCUT2D eigenvalue weighted by atomic mass is 10.2. The second-order valence-corrected chi connectivity index (χ2v) is 5.11. The highest BCUT2D eigenvalue weighted by Gasteiger charge is 2.18. The number of ether oxygens (including phenoxy) is 1. The Morgan fingerprint density at radius 3 is 3.05 bits per heavy atom. The summed E-state index contributed by atoms with van der Waals surface area (Å²) in [6.45, 7) is 7.19. The molecule has 21 heavy (non-hydrogen) atoms. The fourth-order valence-electron chi connectivity index (χ4n) is 2.50. The molecule has 0 saturated heterocycles. The van der Waals surface area contributed by atoms with E-state index in [0.717, 1.165) is 36.8 Å². The van der Waals surface area contributed by atoms with Crippen LogP contribution >= 0.6 is 0 Å². The number of fused-ring (bicyclic) bond motifs is 1. The van der Waals surface area contributed by atoms with Crippen LogP contribution in [0, 0.1) is 6.92 Å². The van der Waals surface area contributed by atoms with Gasteiger partial charge in [0.05, 0.1) is 6.54 Å². The van der Waals surface area contributed by atoms with Gasteiger partial charge in [0.2, 0.25) is 5.95 Å². The van der Waals surface area contributed by atoms with Gasteiger partial charge in [-0.2, -0.15) is 4.98 Å². The van der Waals surface area contributed by atoms with E-state index in [1.165, 1.54) is 5.56 Å². The number of benzene rings is 1. The molecule has 0 bridgehead atoms. The van der Waals surface area contributed by atoms with Crippen LogP contribution in [0.3, 0.4) is 0 Å². The highest BCUT2D eigenvalue weighted by molar-refractivity contribution is 5.51. The Morgan fingerprint density at radius 1 is 1.33 bits per heavy atom. The summed E-state index contributed by atoms with van der Waals surface area (Å²) in [5.41, 5.74) is 2.27. The molecule has 1 aliphatic heterocycles. The predicted octanol–water partition coefficient (Wildman–Crippen LogP) is 2.62. The summed E-state index contributed by atoms with van der Waals surface area (Å²) < 4.78 is 5.82. The van der Waals surface area contributed by atoms with Crippen LogP contribution in [0.1, 0.15) is 18.1 Å². The van der Waals surface area contributed by atoms with E-state index in [1.54, 1.807) is 0 Å². The van der Waals surface area contributed by atoms with Gasteiger partial charge >= 0.3 is 0 Å². The van der Waals surface area contributed by atoms with Gasteiger partial charge in [-0.15, -0.1) is 0 Å². The monoisotopic (exact) mass is 284 g/mol. The smallest absolute Gasteiger partial charge is 0.224 e. The Kier molecular flexibility index (Phi) is 3.90. The van der Waals surface area contributed by atoms with E-state index in [0.29, 0.717) is 12.6 Å². The quantitative estimate of drug-likeness (QED) is 0.939. The molecule has 110 valence electrons. The van der Waals surface area contributed by atoms with Crippen LogP contribution in [0.25, 0.3) is 0 Å². The van der Waals surface area contributed by atoms with Gasteiger partial charge in [-0.1, -0.05) is 18.2 Å². The number of nitrogens with one attached hydrogen (secondary N) is 1. The average Bonchev–Trinajstić information content (AvgIpc) is 2.71. The molecule has 0 unspecified atom stereocenters. The second-order valence-electron chi connectivity index (χ2n) is 5.11. The molecule has 2 heterocycles. The zero-order valence-electron chi connectivity index (χ0n) is 12.5. The van der Waals surface area contributed by atoms with Crippen LogP contribution in [0.15, 0.2) is 30.5 Å². The second kappa shape index (κ2) is 5.99. The van der Waals surface area contributed by atoms with Crippen molar-refractivity contribution in [2.45, 2.75) is 20.4 Å². The first-order chi connectivity index (χ1) is 10.3. The van der Waals surface area contributed by atoms with Crippen molar-refractivity contribution >= 4 is 11.8 Å². The lowest BCUT2D eigenvalue weighted by molar-refractivity contribution is 0.331. The zero-order chi connectivity index (χ0) is 14.7. The molecule has 0 saturated carbocycles. The predicted molar refractivity (Wildman–Crippen MR) is 83.9 cm³/mol. The SMILES string of the molecule is CCNc1ncc(C)c(N2CCOc3ccccc3C2)n1. The number of hydrogen-bond donors (Lipinski definition) is 1. The van der Waals surface area contributed by atoms with E-state index >= 15 is 0 Å². The van der Waals surface area contributed by atoms with Crippen LogP contribution in [0.2, 0.25) is 0 Å². The summed E-state index contributed by atoms with van der Waals surface area (Å²) in [6.07, 6.45) is 1.87. The molecule has 1 aromatic heterocycles. The summed E-state index contributed by atoms with van der Waals surface area (Å²) in [5.74, 6) is 2.62. The number of aromatic nitrogens is 2. The molecule has 5 heteroatoms. The summed E-state index contributed by atoms with van der Waals surface area (Å²) in [5, 5.41) is 3.17. The van der Waals surface area contributed by atoms with Crippen LogP contribution in [-0.4, -0.2) is 29.7 Å². The largest absolute Gasteiger partial charge is 0.491 e. The van der Waals surface area contributed by atoms with Gasteiger partial charge in [0, 0.05) is 30.4 Å². The third kappa shape index (κ3) is 2.91. The van der Waals surface area contributed by atoms with E-state index in [-0.39, 0.29) is 0 Å². The average molecular weight is 284 g/mol. The maximum absolute atomic E-state index is 5.82. The molecular formula is C16H20N4O.